The van der Waals surface area contributed by atoms with E-state index in [2.05, 4.69) is 82.5 Å². The van der Waals surface area contributed by atoms with E-state index in [4.69, 9.17) is 19.5 Å². The quantitative estimate of drug-likeness (QED) is 0.190. The number of aromatic nitrogens is 2. The van der Waals surface area contributed by atoms with Crippen LogP contribution in [0.3, 0.4) is 0 Å². The smallest absolute Gasteiger partial charge is 0.225 e. The number of rotatable bonds is 12. The monoisotopic (exact) mass is 583 g/mol. The summed E-state index contributed by atoms with van der Waals surface area (Å²) in [5.74, 6) is 3.72. The molecule has 1 aromatic heterocycles. The summed E-state index contributed by atoms with van der Waals surface area (Å²) < 4.78 is 5.48. The third kappa shape index (κ3) is 7.47. The highest BCUT2D eigenvalue weighted by Gasteiger charge is 2.22. The van der Waals surface area contributed by atoms with Gasteiger partial charge in [0.1, 0.15) is 5.82 Å². The zero-order chi connectivity index (χ0) is 29.4. The van der Waals surface area contributed by atoms with Gasteiger partial charge in [0.25, 0.3) is 0 Å². The lowest BCUT2D eigenvalue weighted by atomic mass is 9.82. The molecule has 9 heteroatoms. The average molecular weight is 584 g/mol. The number of nitrogens with one attached hydrogen (secondary N) is 3. The van der Waals surface area contributed by atoms with Crippen LogP contribution in [0.25, 0.3) is 21.7 Å². The third-order valence-electron chi connectivity index (χ3n) is 8.84. The summed E-state index contributed by atoms with van der Waals surface area (Å²) in [6, 6.07) is 20.9. The molecule has 2 heterocycles. The lowest BCUT2D eigenvalue weighted by Gasteiger charge is -2.28. The highest BCUT2D eigenvalue weighted by Crippen LogP contribution is 2.32. The van der Waals surface area contributed by atoms with Crippen molar-refractivity contribution in [2.75, 3.05) is 82.1 Å². The highest BCUT2D eigenvalue weighted by atomic mass is 16.6. The second-order valence-corrected chi connectivity index (χ2v) is 12.0. The molecule has 1 saturated carbocycles. The van der Waals surface area contributed by atoms with E-state index in [9.17, 15) is 0 Å². The van der Waals surface area contributed by atoms with E-state index in [1.54, 1.807) is 0 Å². The van der Waals surface area contributed by atoms with Crippen LogP contribution in [0, 0.1) is 11.8 Å². The summed E-state index contributed by atoms with van der Waals surface area (Å²) in [5.41, 5.74) is 5.44. The van der Waals surface area contributed by atoms with Gasteiger partial charge in [0.05, 0.1) is 18.7 Å². The Hall–Kier alpha value is -3.66. The van der Waals surface area contributed by atoms with Gasteiger partial charge < -0.3 is 25.1 Å². The van der Waals surface area contributed by atoms with Crippen molar-refractivity contribution in [2.45, 2.75) is 25.7 Å². The minimum atomic E-state index is 0.614. The highest BCUT2D eigenvalue weighted by molar-refractivity contribution is 5.97. The summed E-state index contributed by atoms with van der Waals surface area (Å²) >= 11 is 0. The topological polar surface area (TPSA) is 86.8 Å². The predicted octanol–water partition coefficient (Wildman–Crippen LogP) is 5.40. The molecule has 228 valence electrons. The Bertz CT molecular complexity index is 1480. The minimum absolute atomic E-state index is 0.614. The Morgan fingerprint density at radius 2 is 1.53 bits per heavy atom. The number of anilines is 3. The van der Waals surface area contributed by atoms with Crippen molar-refractivity contribution >= 4 is 39.1 Å². The van der Waals surface area contributed by atoms with Gasteiger partial charge in [0, 0.05) is 75.2 Å². The molecule has 1 saturated heterocycles. The molecule has 4 aromatic rings. The lowest BCUT2D eigenvalue weighted by molar-refractivity contribution is 0.0398. The lowest BCUT2D eigenvalue weighted by Crippen LogP contribution is -2.39. The zero-order valence-corrected chi connectivity index (χ0v) is 25.5. The molecular formula is C34H45N7O2. The first-order chi connectivity index (χ1) is 21.1. The van der Waals surface area contributed by atoms with Crippen LogP contribution in [0.2, 0.25) is 0 Å². The molecule has 43 heavy (non-hydrogen) atoms. The number of hydrogen-bond donors (Lipinski definition) is 3. The Morgan fingerprint density at radius 3 is 2.35 bits per heavy atom. The largest absolute Gasteiger partial charge is 0.408 e. The minimum Gasteiger partial charge on any atom is -0.408 e. The molecule has 1 aliphatic carbocycles. The fourth-order valence-electron chi connectivity index (χ4n) is 6.30. The van der Waals surface area contributed by atoms with E-state index in [0.29, 0.717) is 17.8 Å². The van der Waals surface area contributed by atoms with Crippen LogP contribution < -0.4 is 25.9 Å². The third-order valence-corrected chi connectivity index (χ3v) is 8.84. The fourth-order valence-corrected chi connectivity index (χ4v) is 6.30. The van der Waals surface area contributed by atoms with Crippen molar-refractivity contribution in [3.8, 4) is 5.75 Å². The molecule has 3 aromatic carbocycles. The number of nitrogens with zero attached hydrogens (tertiary/aromatic N) is 4. The molecule has 0 spiro atoms. The van der Waals surface area contributed by atoms with Gasteiger partial charge in [-0.15, -0.1) is 0 Å². The number of hydroxylamine groups is 1. The number of ether oxygens (including phenoxy) is 1. The fraction of sp³-hybridized carbons (Fsp3) is 0.471. The van der Waals surface area contributed by atoms with Crippen LogP contribution in [0.5, 0.6) is 5.75 Å². The van der Waals surface area contributed by atoms with Crippen LogP contribution >= 0.6 is 0 Å². The van der Waals surface area contributed by atoms with Gasteiger partial charge in [-0.1, -0.05) is 36.4 Å². The molecule has 6 rings (SSSR count). The van der Waals surface area contributed by atoms with Gasteiger partial charge >= 0.3 is 0 Å². The number of para-hydroxylation sites is 1. The molecule has 0 radical (unpaired) electrons. The van der Waals surface area contributed by atoms with Crippen molar-refractivity contribution < 1.29 is 9.57 Å². The molecule has 1 aliphatic heterocycles. The van der Waals surface area contributed by atoms with Crippen molar-refractivity contribution in [3.63, 3.8) is 0 Å². The summed E-state index contributed by atoms with van der Waals surface area (Å²) in [6.45, 7) is 7.20. The normalized spacial score (nSPS) is 19.4. The number of fused-ring (bicyclic) bond motifs is 2. The van der Waals surface area contributed by atoms with E-state index in [0.717, 1.165) is 80.3 Å². The molecule has 2 fully saturated rings. The van der Waals surface area contributed by atoms with Crippen LogP contribution in [-0.2, 0) is 4.74 Å². The maximum Gasteiger partial charge on any atom is 0.225 e. The summed E-state index contributed by atoms with van der Waals surface area (Å²) in [4.78, 5) is 20.4. The van der Waals surface area contributed by atoms with Crippen molar-refractivity contribution in [1.29, 1.82) is 0 Å². The molecule has 0 atom stereocenters. The zero-order valence-electron chi connectivity index (χ0n) is 25.5. The van der Waals surface area contributed by atoms with Crippen molar-refractivity contribution in [2.24, 2.45) is 11.8 Å². The predicted molar refractivity (Wildman–Crippen MR) is 176 cm³/mol. The van der Waals surface area contributed by atoms with E-state index in [-0.39, 0.29) is 0 Å². The van der Waals surface area contributed by atoms with Gasteiger partial charge in [-0.3, -0.25) is 4.90 Å². The Kier molecular flexibility index (Phi) is 9.72. The summed E-state index contributed by atoms with van der Waals surface area (Å²) in [7, 11) is 4.15. The first-order valence-electron chi connectivity index (χ1n) is 15.8. The van der Waals surface area contributed by atoms with E-state index >= 15 is 0 Å². The first-order valence-corrected chi connectivity index (χ1v) is 15.8. The molecule has 0 unspecified atom stereocenters. The Labute approximate surface area is 254 Å². The van der Waals surface area contributed by atoms with Gasteiger partial charge in [0.15, 0.2) is 5.75 Å². The van der Waals surface area contributed by atoms with Crippen LogP contribution in [0.15, 0.2) is 60.7 Å². The van der Waals surface area contributed by atoms with E-state index in [1.165, 1.54) is 36.8 Å². The van der Waals surface area contributed by atoms with Crippen LogP contribution in [0.1, 0.15) is 25.7 Å². The van der Waals surface area contributed by atoms with E-state index < -0.39 is 0 Å². The van der Waals surface area contributed by atoms with Crippen LogP contribution in [0.4, 0.5) is 17.5 Å². The molecule has 2 aliphatic rings. The standard InChI is InChI=1S/C34H45N7O2/c1-40(2)31-11-5-9-28-27(31)8-6-12-32(28)43-37-24-26-15-13-25(14-16-26)23-36-34-38-30-10-4-3-7-29(30)33(39-34)35-17-18-41-19-21-42-22-20-41/h3-12,25-26,37H,13-24H2,1-2H3,(H2,35,36,38,39). The molecule has 3 N–H and O–H groups in total. The number of benzene rings is 3. The van der Waals surface area contributed by atoms with Crippen molar-refractivity contribution in [1.82, 2.24) is 20.3 Å². The summed E-state index contributed by atoms with van der Waals surface area (Å²) in [5, 5.41) is 10.5. The van der Waals surface area contributed by atoms with Crippen LogP contribution in [-0.4, -0.2) is 81.4 Å². The van der Waals surface area contributed by atoms with Crippen molar-refractivity contribution in [3.05, 3.63) is 60.7 Å². The number of hydrogen-bond acceptors (Lipinski definition) is 9. The van der Waals surface area contributed by atoms with Gasteiger partial charge in [-0.25, -0.2) is 4.98 Å². The SMILES string of the molecule is CN(C)c1cccc2c(ONCC3CCC(CNc4nc(NCCN5CCOCC5)c5ccccc5n4)CC3)cccc12. The average Bonchev–Trinajstić information content (AvgIpc) is 3.04. The second-order valence-electron chi connectivity index (χ2n) is 12.0. The molecular weight excluding hydrogens is 538 g/mol. The molecule has 0 bridgehead atoms. The Balaban J connectivity index is 0.973. The van der Waals surface area contributed by atoms with E-state index in [1.807, 2.05) is 18.2 Å². The maximum absolute atomic E-state index is 6.09. The maximum atomic E-state index is 6.09. The van der Waals surface area contributed by atoms with Gasteiger partial charge in [-0.05, 0) is 61.8 Å². The number of morpholine rings is 1. The second kappa shape index (κ2) is 14.2. The van der Waals surface area contributed by atoms with Gasteiger partial charge in [0.2, 0.25) is 5.95 Å². The first kappa shape index (κ1) is 29.4. The Morgan fingerprint density at radius 1 is 0.814 bits per heavy atom. The van der Waals surface area contributed by atoms with Gasteiger partial charge in [-0.2, -0.15) is 10.5 Å². The summed E-state index contributed by atoms with van der Waals surface area (Å²) in [6.07, 6.45) is 4.77. The molecule has 9 nitrogen and oxygen atoms in total. The molecule has 0 amide bonds.